The topological polar surface area (TPSA) is 37.0 Å². The summed E-state index contributed by atoms with van der Waals surface area (Å²) in [4.78, 5) is 5.23. The van der Waals surface area contributed by atoms with Gasteiger partial charge in [0.15, 0.2) is 0 Å². The van der Waals surface area contributed by atoms with Crippen molar-refractivity contribution in [3.63, 3.8) is 0 Å². The van der Waals surface area contributed by atoms with Crippen LogP contribution >= 0.6 is 0 Å². The molecule has 0 aromatic heterocycles. The zero-order valence-corrected chi connectivity index (χ0v) is 11.9. The molecule has 0 aliphatic carbocycles. The fourth-order valence-electron chi connectivity index (χ4n) is 3.56. The van der Waals surface area contributed by atoms with E-state index in [1.54, 1.807) is 0 Å². The van der Waals surface area contributed by atoms with Crippen LogP contribution in [-0.4, -0.2) is 88.1 Å². The molecule has 0 saturated carbocycles. The molecular weight excluding hydrogens is 242 g/mol. The number of hydrogen-bond donors (Lipinski definition) is 1. The van der Waals surface area contributed by atoms with Gasteiger partial charge in [0.2, 0.25) is 0 Å². The van der Waals surface area contributed by atoms with Crippen molar-refractivity contribution < 1.29 is 9.47 Å². The van der Waals surface area contributed by atoms with Gasteiger partial charge in [0.1, 0.15) is 0 Å². The van der Waals surface area contributed by atoms with Crippen LogP contribution in [-0.2, 0) is 9.47 Å². The van der Waals surface area contributed by atoms with Crippen molar-refractivity contribution in [3.05, 3.63) is 0 Å². The summed E-state index contributed by atoms with van der Waals surface area (Å²) in [7, 11) is 0. The molecular formula is C14H27N3O2. The Hall–Kier alpha value is -0.200. The van der Waals surface area contributed by atoms with Gasteiger partial charge in [0.25, 0.3) is 0 Å². The summed E-state index contributed by atoms with van der Waals surface area (Å²) >= 11 is 0. The Kier molecular flexibility index (Phi) is 5.07. The van der Waals surface area contributed by atoms with Crippen LogP contribution < -0.4 is 5.32 Å². The van der Waals surface area contributed by atoms with Crippen LogP contribution in [0.15, 0.2) is 0 Å². The predicted molar refractivity (Wildman–Crippen MR) is 74.4 cm³/mol. The number of ether oxygens (including phenoxy) is 2. The zero-order valence-electron chi connectivity index (χ0n) is 11.9. The molecule has 3 aliphatic heterocycles. The minimum Gasteiger partial charge on any atom is -0.379 e. The van der Waals surface area contributed by atoms with E-state index in [-0.39, 0.29) is 0 Å². The van der Waals surface area contributed by atoms with Crippen LogP contribution in [0.25, 0.3) is 0 Å². The molecule has 0 aromatic rings. The summed E-state index contributed by atoms with van der Waals surface area (Å²) < 4.78 is 10.9. The summed E-state index contributed by atoms with van der Waals surface area (Å²) in [6.45, 7) is 11.6. The molecule has 2 atom stereocenters. The zero-order chi connectivity index (χ0) is 12.9. The molecule has 3 fully saturated rings. The largest absolute Gasteiger partial charge is 0.379 e. The summed E-state index contributed by atoms with van der Waals surface area (Å²) in [6.07, 6.45) is 1.30. The van der Waals surface area contributed by atoms with Crippen molar-refractivity contribution in [1.29, 1.82) is 0 Å². The Morgan fingerprint density at radius 2 is 1.63 bits per heavy atom. The molecule has 0 aromatic carbocycles. The molecule has 19 heavy (non-hydrogen) atoms. The number of nitrogens with one attached hydrogen (secondary N) is 1. The van der Waals surface area contributed by atoms with Crippen molar-refractivity contribution in [2.45, 2.75) is 12.5 Å². The molecule has 0 bridgehead atoms. The molecule has 0 spiro atoms. The van der Waals surface area contributed by atoms with Crippen LogP contribution in [0, 0.1) is 5.92 Å². The van der Waals surface area contributed by atoms with Gasteiger partial charge in [-0.3, -0.25) is 9.80 Å². The Morgan fingerprint density at radius 3 is 2.37 bits per heavy atom. The van der Waals surface area contributed by atoms with Gasteiger partial charge in [0.05, 0.1) is 26.4 Å². The van der Waals surface area contributed by atoms with E-state index in [4.69, 9.17) is 9.47 Å². The van der Waals surface area contributed by atoms with Crippen LogP contribution in [0.1, 0.15) is 6.42 Å². The van der Waals surface area contributed by atoms with Crippen LogP contribution in [0.5, 0.6) is 0 Å². The van der Waals surface area contributed by atoms with E-state index in [1.165, 1.54) is 19.5 Å². The lowest BCUT2D eigenvalue weighted by atomic mass is 9.90. The Labute approximate surface area is 116 Å². The number of morpholine rings is 2. The Balaban J connectivity index is 1.56. The molecule has 1 N–H and O–H groups in total. The van der Waals surface area contributed by atoms with Crippen molar-refractivity contribution in [3.8, 4) is 0 Å². The van der Waals surface area contributed by atoms with Gasteiger partial charge in [0, 0.05) is 45.3 Å². The maximum atomic E-state index is 5.49. The fraction of sp³-hybridized carbons (Fsp3) is 1.00. The first-order chi connectivity index (χ1) is 9.43. The van der Waals surface area contributed by atoms with E-state index < -0.39 is 0 Å². The molecule has 3 heterocycles. The van der Waals surface area contributed by atoms with E-state index in [1.807, 2.05) is 0 Å². The van der Waals surface area contributed by atoms with Crippen molar-refractivity contribution in [1.82, 2.24) is 15.1 Å². The maximum Gasteiger partial charge on any atom is 0.0594 e. The number of rotatable bonds is 3. The molecule has 5 nitrogen and oxygen atoms in total. The molecule has 3 rings (SSSR count). The van der Waals surface area contributed by atoms with Gasteiger partial charge in [-0.25, -0.2) is 0 Å². The van der Waals surface area contributed by atoms with Crippen molar-refractivity contribution >= 4 is 0 Å². The van der Waals surface area contributed by atoms with Gasteiger partial charge >= 0.3 is 0 Å². The first-order valence-electron chi connectivity index (χ1n) is 7.76. The molecule has 3 aliphatic rings. The van der Waals surface area contributed by atoms with Crippen LogP contribution in [0.4, 0.5) is 0 Å². The predicted octanol–water partition coefficient (Wildman–Crippen LogP) is -0.371. The van der Waals surface area contributed by atoms with Crippen LogP contribution in [0.3, 0.4) is 0 Å². The third-order valence-electron chi connectivity index (χ3n) is 4.70. The maximum absolute atomic E-state index is 5.49. The van der Waals surface area contributed by atoms with Gasteiger partial charge in [-0.15, -0.1) is 0 Å². The Morgan fingerprint density at radius 1 is 0.947 bits per heavy atom. The lowest BCUT2D eigenvalue weighted by Gasteiger charge is -2.43. The third kappa shape index (κ3) is 3.67. The molecule has 2 unspecified atom stereocenters. The highest BCUT2D eigenvalue weighted by molar-refractivity contribution is 4.88. The summed E-state index contributed by atoms with van der Waals surface area (Å²) in [5, 5.41) is 3.57. The van der Waals surface area contributed by atoms with Gasteiger partial charge in [-0.05, 0) is 18.9 Å². The van der Waals surface area contributed by atoms with Crippen LogP contribution in [0.2, 0.25) is 0 Å². The Bertz CT molecular complexity index is 265. The van der Waals surface area contributed by atoms with E-state index in [9.17, 15) is 0 Å². The minimum atomic E-state index is 0.695. The lowest BCUT2D eigenvalue weighted by Crippen LogP contribution is -2.57. The lowest BCUT2D eigenvalue weighted by molar-refractivity contribution is -0.0188. The first-order valence-corrected chi connectivity index (χ1v) is 7.76. The molecule has 110 valence electrons. The molecule has 5 heteroatoms. The second kappa shape index (κ2) is 6.99. The normalized spacial score (nSPS) is 35.4. The SMILES string of the molecule is C1CC(CN2CCOCC2)C(N2CCOCC2)CN1. The highest BCUT2D eigenvalue weighted by Crippen LogP contribution is 2.21. The third-order valence-corrected chi connectivity index (χ3v) is 4.70. The van der Waals surface area contributed by atoms with Crippen molar-refractivity contribution in [2.24, 2.45) is 5.92 Å². The highest BCUT2D eigenvalue weighted by Gasteiger charge is 2.32. The van der Waals surface area contributed by atoms with Gasteiger partial charge in [-0.2, -0.15) is 0 Å². The number of piperidine rings is 1. The molecule has 0 radical (unpaired) electrons. The molecule has 3 saturated heterocycles. The molecule has 0 amide bonds. The summed E-state index contributed by atoms with van der Waals surface area (Å²) in [6, 6.07) is 0.695. The smallest absolute Gasteiger partial charge is 0.0594 e. The first kappa shape index (κ1) is 13.8. The number of hydrogen-bond acceptors (Lipinski definition) is 5. The fourth-order valence-corrected chi connectivity index (χ4v) is 3.56. The second-order valence-electron chi connectivity index (χ2n) is 5.88. The average Bonchev–Trinajstić information content (AvgIpc) is 2.50. The van der Waals surface area contributed by atoms with Gasteiger partial charge in [-0.1, -0.05) is 0 Å². The summed E-state index contributed by atoms with van der Waals surface area (Å²) in [5.41, 5.74) is 0. The summed E-state index contributed by atoms with van der Waals surface area (Å²) in [5.74, 6) is 0.803. The average molecular weight is 269 g/mol. The number of nitrogens with zero attached hydrogens (tertiary/aromatic N) is 2. The van der Waals surface area contributed by atoms with Gasteiger partial charge < -0.3 is 14.8 Å². The van der Waals surface area contributed by atoms with Crippen molar-refractivity contribution in [2.75, 3.05) is 72.2 Å². The van der Waals surface area contributed by atoms with E-state index in [0.29, 0.717) is 6.04 Å². The monoisotopic (exact) mass is 269 g/mol. The highest BCUT2D eigenvalue weighted by atomic mass is 16.5. The standard InChI is InChI=1S/C14H27N3O2/c1-2-15-11-14(17-5-9-19-10-6-17)13(1)12-16-3-7-18-8-4-16/h13-15H,1-12H2. The van der Waals surface area contributed by atoms with E-state index in [0.717, 1.165) is 65.1 Å². The minimum absolute atomic E-state index is 0.695. The second-order valence-corrected chi connectivity index (χ2v) is 5.88. The quantitative estimate of drug-likeness (QED) is 0.756. The van der Waals surface area contributed by atoms with E-state index >= 15 is 0 Å². The van der Waals surface area contributed by atoms with E-state index in [2.05, 4.69) is 15.1 Å².